The average Bonchev–Trinajstić information content (AvgIpc) is 3.19. The number of imide groups is 1. The van der Waals surface area contributed by atoms with Crippen LogP contribution in [0.15, 0.2) is 24.3 Å². The third-order valence-electron chi connectivity index (χ3n) is 5.63. The molecule has 8 nitrogen and oxygen atoms in total. The number of amides is 4. The molecular formula is C22H22FN5O3. The zero-order valence-electron chi connectivity index (χ0n) is 17.3. The highest BCUT2D eigenvalue weighted by atomic mass is 19.1. The second kappa shape index (κ2) is 8.24. The SMILES string of the molecule is COc1ccc(F)cc1-c1cc(C#N)c(NC(=O)N2CCNC2=O)c2c1CCN(C)C2. The van der Waals surface area contributed by atoms with E-state index in [1.54, 1.807) is 12.1 Å². The van der Waals surface area contributed by atoms with E-state index in [-0.39, 0.29) is 12.1 Å². The van der Waals surface area contributed by atoms with Crippen LogP contribution in [0.1, 0.15) is 16.7 Å². The molecule has 2 aromatic carbocycles. The molecule has 2 heterocycles. The molecular weight excluding hydrogens is 401 g/mol. The Bertz CT molecular complexity index is 1110. The smallest absolute Gasteiger partial charge is 0.330 e. The highest BCUT2D eigenvalue weighted by molar-refractivity contribution is 6.03. The largest absolute Gasteiger partial charge is 0.496 e. The molecule has 0 bridgehead atoms. The van der Waals surface area contributed by atoms with Gasteiger partial charge in [-0.05, 0) is 54.4 Å². The van der Waals surface area contributed by atoms with Crippen LogP contribution in [0.25, 0.3) is 11.1 Å². The molecule has 0 saturated carbocycles. The van der Waals surface area contributed by atoms with Gasteiger partial charge in [0, 0.05) is 31.7 Å². The Balaban J connectivity index is 1.86. The molecule has 160 valence electrons. The number of nitrogens with one attached hydrogen (secondary N) is 2. The van der Waals surface area contributed by atoms with Crippen molar-refractivity contribution in [2.24, 2.45) is 0 Å². The third-order valence-corrected chi connectivity index (χ3v) is 5.63. The van der Waals surface area contributed by atoms with Gasteiger partial charge in [-0.25, -0.2) is 18.9 Å². The Hall–Kier alpha value is -3.64. The molecule has 0 aliphatic carbocycles. The van der Waals surface area contributed by atoms with Crippen molar-refractivity contribution < 1.29 is 18.7 Å². The lowest BCUT2D eigenvalue weighted by atomic mass is 9.87. The fourth-order valence-electron chi connectivity index (χ4n) is 4.09. The molecule has 0 aromatic heterocycles. The van der Waals surface area contributed by atoms with Gasteiger partial charge in [-0.1, -0.05) is 0 Å². The zero-order chi connectivity index (χ0) is 22.1. The van der Waals surface area contributed by atoms with Gasteiger partial charge in [0.1, 0.15) is 17.6 Å². The van der Waals surface area contributed by atoms with Crippen molar-refractivity contribution in [2.45, 2.75) is 13.0 Å². The number of benzene rings is 2. The molecule has 31 heavy (non-hydrogen) atoms. The number of carbonyl (C=O) groups is 2. The number of carbonyl (C=O) groups excluding carboxylic acids is 2. The van der Waals surface area contributed by atoms with Gasteiger partial charge in [0.25, 0.3) is 0 Å². The van der Waals surface area contributed by atoms with Gasteiger partial charge in [-0.2, -0.15) is 5.26 Å². The molecule has 2 aliphatic heterocycles. The minimum Gasteiger partial charge on any atom is -0.496 e. The lowest BCUT2D eigenvalue weighted by molar-refractivity contribution is 0.207. The van der Waals surface area contributed by atoms with Crippen molar-refractivity contribution in [2.75, 3.05) is 39.1 Å². The van der Waals surface area contributed by atoms with Gasteiger partial charge >= 0.3 is 12.1 Å². The van der Waals surface area contributed by atoms with E-state index < -0.39 is 17.9 Å². The minimum absolute atomic E-state index is 0.239. The van der Waals surface area contributed by atoms with Crippen molar-refractivity contribution in [3.05, 3.63) is 46.8 Å². The summed E-state index contributed by atoms with van der Waals surface area (Å²) in [6.07, 6.45) is 0.652. The van der Waals surface area contributed by atoms with Crippen molar-refractivity contribution in [3.63, 3.8) is 0 Å². The Morgan fingerprint density at radius 2 is 2.06 bits per heavy atom. The van der Waals surface area contributed by atoms with Crippen LogP contribution < -0.4 is 15.4 Å². The van der Waals surface area contributed by atoms with Crippen LogP contribution in [0.3, 0.4) is 0 Å². The zero-order valence-corrected chi connectivity index (χ0v) is 17.3. The third kappa shape index (κ3) is 3.78. The summed E-state index contributed by atoms with van der Waals surface area (Å²) in [5.41, 5.74) is 3.57. The first kappa shape index (κ1) is 20.6. The average molecular weight is 423 g/mol. The minimum atomic E-state index is -0.585. The molecule has 0 atom stereocenters. The molecule has 9 heteroatoms. The van der Waals surface area contributed by atoms with E-state index in [0.29, 0.717) is 42.1 Å². The van der Waals surface area contributed by atoms with Gasteiger partial charge in [-0.3, -0.25) is 0 Å². The van der Waals surface area contributed by atoms with Crippen molar-refractivity contribution in [1.82, 2.24) is 15.1 Å². The van der Waals surface area contributed by atoms with E-state index >= 15 is 0 Å². The Labute approximate surface area is 179 Å². The molecule has 0 unspecified atom stereocenters. The van der Waals surface area contributed by atoms with Gasteiger partial charge in [0.05, 0.1) is 18.4 Å². The van der Waals surface area contributed by atoms with Crippen LogP contribution in [-0.4, -0.2) is 55.7 Å². The van der Waals surface area contributed by atoms with E-state index in [9.17, 15) is 19.2 Å². The lowest BCUT2D eigenvalue weighted by Crippen LogP contribution is -2.38. The summed E-state index contributed by atoms with van der Waals surface area (Å²) in [7, 11) is 3.46. The van der Waals surface area contributed by atoms with E-state index in [1.807, 2.05) is 7.05 Å². The van der Waals surface area contributed by atoms with E-state index in [2.05, 4.69) is 21.6 Å². The quantitative estimate of drug-likeness (QED) is 0.791. The highest BCUT2D eigenvalue weighted by Gasteiger charge is 2.30. The fraction of sp³-hybridized carbons (Fsp3) is 0.318. The monoisotopic (exact) mass is 423 g/mol. The van der Waals surface area contributed by atoms with Crippen molar-refractivity contribution >= 4 is 17.7 Å². The summed E-state index contributed by atoms with van der Waals surface area (Å²) in [6, 6.07) is 7.01. The van der Waals surface area contributed by atoms with Crippen molar-refractivity contribution in [3.8, 4) is 22.9 Å². The van der Waals surface area contributed by atoms with Crippen molar-refractivity contribution in [1.29, 1.82) is 5.26 Å². The maximum absolute atomic E-state index is 14.1. The fourth-order valence-corrected chi connectivity index (χ4v) is 4.09. The number of nitrogens with zero attached hydrogens (tertiary/aromatic N) is 3. The number of methoxy groups -OCH3 is 1. The number of hydrogen-bond acceptors (Lipinski definition) is 5. The van der Waals surface area contributed by atoms with Crippen LogP contribution in [0.2, 0.25) is 0 Å². The first-order valence-corrected chi connectivity index (χ1v) is 9.90. The second-order valence-electron chi connectivity index (χ2n) is 7.56. The van der Waals surface area contributed by atoms with Gasteiger partial charge in [-0.15, -0.1) is 0 Å². The summed E-state index contributed by atoms with van der Waals surface area (Å²) in [5.74, 6) is 0.0883. The number of ether oxygens (including phenoxy) is 1. The number of halogens is 1. The highest BCUT2D eigenvalue weighted by Crippen LogP contribution is 2.40. The molecule has 2 N–H and O–H groups in total. The normalized spacial score (nSPS) is 15.8. The predicted octanol–water partition coefficient (Wildman–Crippen LogP) is 2.92. The van der Waals surface area contributed by atoms with Crippen LogP contribution in [0.5, 0.6) is 5.75 Å². The predicted molar refractivity (Wildman–Crippen MR) is 112 cm³/mol. The molecule has 2 aliphatic rings. The number of urea groups is 2. The van der Waals surface area contributed by atoms with Gasteiger partial charge in [0.2, 0.25) is 0 Å². The molecule has 0 radical (unpaired) electrons. The van der Waals surface area contributed by atoms with E-state index in [1.165, 1.54) is 19.2 Å². The topological polar surface area (TPSA) is 97.7 Å². The Morgan fingerprint density at radius 3 is 2.74 bits per heavy atom. The summed E-state index contributed by atoms with van der Waals surface area (Å²) in [6.45, 7) is 1.91. The van der Waals surface area contributed by atoms with Crippen LogP contribution in [0, 0.1) is 17.1 Å². The number of fused-ring (bicyclic) bond motifs is 1. The number of nitriles is 1. The summed E-state index contributed by atoms with van der Waals surface area (Å²) in [4.78, 5) is 27.7. The van der Waals surface area contributed by atoms with Crippen LogP contribution in [0.4, 0.5) is 19.7 Å². The molecule has 1 fully saturated rings. The van der Waals surface area contributed by atoms with Gasteiger partial charge in [0.15, 0.2) is 0 Å². The number of likely N-dealkylation sites (N-methyl/N-ethyl adjacent to an activating group) is 1. The first-order valence-electron chi connectivity index (χ1n) is 9.90. The number of anilines is 1. The standard InChI is InChI=1S/C22H22FN5O3/c1-27-7-5-15-16(17-10-14(23)3-4-19(17)31-2)9-13(11-24)20(18(15)12-27)26-22(30)28-8-6-25-21(28)29/h3-4,9-10H,5-8,12H2,1-2H3,(H,25,29)(H,26,30). The summed E-state index contributed by atoms with van der Waals surface area (Å²) in [5, 5.41) is 15.2. The van der Waals surface area contributed by atoms with Crippen LogP contribution >= 0.6 is 0 Å². The maximum Gasteiger partial charge on any atom is 0.330 e. The Kier molecular flexibility index (Phi) is 5.48. The van der Waals surface area contributed by atoms with E-state index in [4.69, 9.17) is 4.74 Å². The number of hydrogen-bond donors (Lipinski definition) is 2. The molecule has 4 amide bonds. The van der Waals surface area contributed by atoms with Crippen LogP contribution in [-0.2, 0) is 13.0 Å². The van der Waals surface area contributed by atoms with Gasteiger partial charge < -0.3 is 20.3 Å². The molecule has 0 spiro atoms. The second-order valence-corrected chi connectivity index (χ2v) is 7.56. The van der Waals surface area contributed by atoms with E-state index in [0.717, 1.165) is 22.6 Å². The molecule has 1 saturated heterocycles. The summed E-state index contributed by atoms with van der Waals surface area (Å²) < 4.78 is 19.5. The lowest BCUT2D eigenvalue weighted by Gasteiger charge is -2.30. The maximum atomic E-state index is 14.1. The Morgan fingerprint density at radius 1 is 1.26 bits per heavy atom. The summed E-state index contributed by atoms with van der Waals surface area (Å²) >= 11 is 0. The number of rotatable bonds is 3. The molecule has 4 rings (SSSR count). The first-order chi connectivity index (χ1) is 14.9. The molecule has 2 aromatic rings.